The Morgan fingerprint density at radius 2 is 1.95 bits per heavy atom. The molecule has 0 saturated heterocycles. The van der Waals surface area contributed by atoms with Crippen LogP contribution >= 0.6 is 35.4 Å². The minimum atomic E-state index is -0.487. The highest BCUT2D eigenvalue weighted by Gasteiger charge is 2.11. The number of carbonyl (C=O) groups is 2. The first kappa shape index (κ1) is 16.7. The maximum absolute atomic E-state index is 11.8. The van der Waals surface area contributed by atoms with Crippen molar-refractivity contribution in [2.45, 2.75) is 19.8 Å². The van der Waals surface area contributed by atoms with E-state index in [9.17, 15) is 9.59 Å². The van der Waals surface area contributed by atoms with Crippen LogP contribution < -0.4 is 16.2 Å². The van der Waals surface area contributed by atoms with E-state index in [2.05, 4.69) is 16.2 Å². The van der Waals surface area contributed by atoms with Crippen LogP contribution in [-0.2, 0) is 4.79 Å². The van der Waals surface area contributed by atoms with Gasteiger partial charge in [0.2, 0.25) is 5.91 Å². The molecule has 3 N–H and O–H groups in total. The Morgan fingerprint density at radius 3 is 2.55 bits per heavy atom. The number of hydrogen-bond donors (Lipinski definition) is 3. The van der Waals surface area contributed by atoms with E-state index in [4.69, 9.17) is 35.4 Å². The molecule has 108 valence electrons. The number of halogens is 2. The van der Waals surface area contributed by atoms with E-state index in [0.717, 1.165) is 0 Å². The highest BCUT2D eigenvalue weighted by molar-refractivity contribution is 7.80. The second kappa shape index (κ2) is 8.04. The maximum Gasteiger partial charge on any atom is 0.271 e. The molecule has 0 aliphatic carbocycles. The van der Waals surface area contributed by atoms with Crippen molar-refractivity contribution in [2.75, 3.05) is 0 Å². The van der Waals surface area contributed by atoms with Gasteiger partial charge in [0.25, 0.3) is 5.91 Å². The third-order valence-electron chi connectivity index (χ3n) is 2.20. The van der Waals surface area contributed by atoms with Gasteiger partial charge < -0.3 is 5.32 Å². The smallest absolute Gasteiger partial charge is 0.271 e. The molecule has 0 spiro atoms. The van der Waals surface area contributed by atoms with Crippen molar-refractivity contribution in [2.24, 2.45) is 0 Å². The van der Waals surface area contributed by atoms with E-state index in [-0.39, 0.29) is 21.6 Å². The first-order valence-electron chi connectivity index (χ1n) is 5.79. The van der Waals surface area contributed by atoms with Crippen LogP contribution in [-0.4, -0.2) is 16.9 Å². The van der Waals surface area contributed by atoms with E-state index < -0.39 is 5.91 Å². The molecule has 20 heavy (non-hydrogen) atoms. The fourth-order valence-electron chi connectivity index (χ4n) is 1.30. The van der Waals surface area contributed by atoms with Gasteiger partial charge in [-0.3, -0.25) is 20.4 Å². The molecule has 0 heterocycles. The van der Waals surface area contributed by atoms with Crippen LogP contribution in [0.15, 0.2) is 18.2 Å². The lowest BCUT2D eigenvalue weighted by Gasteiger charge is -2.11. The molecule has 0 aliphatic rings. The van der Waals surface area contributed by atoms with Gasteiger partial charge in [-0.15, -0.1) is 0 Å². The predicted octanol–water partition coefficient (Wildman–Crippen LogP) is 2.43. The van der Waals surface area contributed by atoms with Gasteiger partial charge in [0.05, 0.1) is 10.6 Å². The predicted molar refractivity (Wildman–Crippen MR) is 82.7 cm³/mol. The quantitative estimate of drug-likeness (QED) is 0.587. The Morgan fingerprint density at radius 1 is 1.25 bits per heavy atom. The summed E-state index contributed by atoms with van der Waals surface area (Å²) < 4.78 is 0. The lowest BCUT2D eigenvalue weighted by molar-refractivity contribution is -0.119. The summed E-state index contributed by atoms with van der Waals surface area (Å²) in [6, 6.07) is 4.49. The SMILES string of the molecule is CCCC(=O)NC(=S)NNC(=O)c1ccc(Cl)cc1Cl. The molecule has 0 atom stereocenters. The largest absolute Gasteiger partial charge is 0.302 e. The molecule has 1 aromatic carbocycles. The first-order chi connectivity index (χ1) is 9.43. The van der Waals surface area contributed by atoms with Crippen molar-refractivity contribution < 1.29 is 9.59 Å². The van der Waals surface area contributed by atoms with Crippen LogP contribution in [0.2, 0.25) is 10.0 Å². The Kier molecular flexibility index (Phi) is 6.70. The summed E-state index contributed by atoms with van der Waals surface area (Å²) in [7, 11) is 0. The lowest BCUT2D eigenvalue weighted by Crippen LogP contribution is -2.48. The minimum absolute atomic E-state index is 0.0156. The van der Waals surface area contributed by atoms with Crippen LogP contribution in [0.25, 0.3) is 0 Å². The van der Waals surface area contributed by atoms with Crippen LogP contribution in [0, 0.1) is 0 Å². The third-order valence-corrected chi connectivity index (χ3v) is 2.95. The van der Waals surface area contributed by atoms with Crippen LogP contribution in [0.1, 0.15) is 30.1 Å². The molecular formula is C12H13Cl2N3O2S. The second-order valence-corrected chi connectivity index (χ2v) is 5.08. The van der Waals surface area contributed by atoms with Crippen molar-refractivity contribution in [1.82, 2.24) is 16.2 Å². The maximum atomic E-state index is 11.8. The summed E-state index contributed by atoms with van der Waals surface area (Å²) in [4.78, 5) is 23.1. The molecule has 0 bridgehead atoms. The van der Waals surface area contributed by atoms with E-state index in [1.54, 1.807) is 6.07 Å². The van der Waals surface area contributed by atoms with Crippen molar-refractivity contribution in [1.29, 1.82) is 0 Å². The Labute approximate surface area is 132 Å². The standard InChI is InChI=1S/C12H13Cl2N3O2S/c1-2-3-10(18)15-12(20)17-16-11(19)8-5-4-7(13)6-9(8)14/h4-6H,2-3H2,1H3,(H,16,19)(H2,15,17,18,20). The molecule has 0 unspecified atom stereocenters. The molecule has 0 aliphatic heterocycles. The molecule has 0 fully saturated rings. The highest BCUT2D eigenvalue weighted by atomic mass is 35.5. The first-order valence-corrected chi connectivity index (χ1v) is 6.95. The normalized spacial score (nSPS) is 9.75. The van der Waals surface area contributed by atoms with E-state index in [0.29, 0.717) is 17.9 Å². The topological polar surface area (TPSA) is 70.2 Å². The van der Waals surface area contributed by atoms with Gasteiger partial charge in [-0.1, -0.05) is 30.1 Å². The van der Waals surface area contributed by atoms with Crippen molar-refractivity contribution >= 4 is 52.3 Å². The monoisotopic (exact) mass is 333 g/mol. The summed E-state index contributed by atoms with van der Waals surface area (Å²) in [6.07, 6.45) is 1.07. The Bertz CT molecular complexity index is 537. The number of amides is 2. The molecule has 1 rings (SSSR count). The molecule has 0 aromatic heterocycles. The Hall–Kier alpha value is -1.37. The summed E-state index contributed by atoms with van der Waals surface area (Å²) in [5.74, 6) is -0.706. The number of nitrogens with one attached hydrogen (secondary N) is 3. The summed E-state index contributed by atoms with van der Waals surface area (Å²) in [6.45, 7) is 1.88. The van der Waals surface area contributed by atoms with Crippen molar-refractivity contribution in [3.63, 3.8) is 0 Å². The van der Waals surface area contributed by atoms with Gasteiger partial charge in [-0.2, -0.15) is 0 Å². The Balaban J connectivity index is 2.51. The van der Waals surface area contributed by atoms with Crippen LogP contribution in [0.5, 0.6) is 0 Å². The molecule has 2 amide bonds. The number of hydrazine groups is 1. The highest BCUT2D eigenvalue weighted by Crippen LogP contribution is 2.20. The molecule has 0 radical (unpaired) electrons. The molecule has 0 saturated carbocycles. The summed E-state index contributed by atoms with van der Waals surface area (Å²) >= 11 is 16.5. The van der Waals surface area contributed by atoms with Gasteiger partial charge in [0.15, 0.2) is 5.11 Å². The number of rotatable bonds is 3. The number of hydrogen-bond acceptors (Lipinski definition) is 3. The van der Waals surface area contributed by atoms with E-state index in [1.165, 1.54) is 12.1 Å². The number of carbonyl (C=O) groups excluding carboxylic acids is 2. The number of thiocarbonyl (C=S) groups is 1. The van der Waals surface area contributed by atoms with Gasteiger partial charge in [0.1, 0.15) is 0 Å². The zero-order valence-electron chi connectivity index (χ0n) is 10.6. The lowest BCUT2D eigenvalue weighted by atomic mass is 10.2. The van der Waals surface area contributed by atoms with Gasteiger partial charge >= 0.3 is 0 Å². The number of benzene rings is 1. The van der Waals surface area contributed by atoms with Gasteiger partial charge in [-0.05, 0) is 36.8 Å². The fraction of sp³-hybridized carbons (Fsp3) is 0.250. The average Bonchev–Trinajstić information content (AvgIpc) is 2.36. The minimum Gasteiger partial charge on any atom is -0.302 e. The average molecular weight is 334 g/mol. The van der Waals surface area contributed by atoms with Gasteiger partial charge in [-0.25, -0.2) is 0 Å². The van der Waals surface area contributed by atoms with Crippen molar-refractivity contribution in [3.05, 3.63) is 33.8 Å². The molecular weight excluding hydrogens is 321 g/mol. The second-order valence-electron chi connectivity index (χ2n) is 3.83. The summed E-state index contributed by atoms with van der Waals surface area (Å²) in [5.41, 5.74) is 5.00. The molecule has 1 aromatic rings. The van der Waals surface area contributed by atoms with E-state index in [1.807, 2.05) is 6.92 Å². The van der Waals surface area contributed by atoms with Gasteiger partial charge in [0, 0.05) is 11.4 Å². The van der Waals surface area contributed by atoms with Crippen molar-refractivity contribution in [3.8, 4) is 0 Å². The fourth-order valence-corrected chi connectivity index (χ4v) is 1.96. The third kappa shape index (κ3) is 5.32. The molecule has 5 nitrogen and oxygen atoms in total. The van der Waals surface area contributed by atoms with Crippen LogP contribution in [0.3, 0.4) is 0 Å². The molecule has 8 heteroatoms. The zero-order chi connectivity index (χ0) is 15.1. The van der Waals surface area contributed by atoms with E-state index >= 15 is 0 Å². The van der Waals surface area contributed by atoms with Crippen LogP contribution in [0.4, 0.5) is 0 Å². The zero-order valence-corrected chi connectivity index (χ0v) is 13.0. The summed E-state index contributed by atoms with van der Waals surface area (Å²) in [5, 5.41) is 3.09.